The first-order chi connectivity index (χ1) is 19.1. The van der Waals surface area contributed by atoms with Gasteiger partial charge in [-0.05, 0) is 124 Å². The van der Waals surface area contributed by atoms with Gasteiger partial charge in [0.25, 0.3) is 0 Å². The standard InChI is InChI=1S/C20H21N.C10H17N.C8H13N/c1-20(2,3)21-18(16-10-6-4-7-11-16)14-15-19(21)17-12-8-5-9-13-17;1-8-6-7-9(2)11(8)10(3,4)5;1-8(2,3)9-6-4-5-7-9/h4-15H,1-3H3;6-7H,1-5H3;4-7H,1-3H3. The van der Waals surface area contributed by atoms with Crippen LogP contribution in [0.25, 0.3) is 22.5 Å². The SMILES string of the molecule is CC(C)(C)n1c(-c2ccccc2)ccc1-c1ccccc1.CC(C)(C)n1cccc1.Cc1ccc(C)n1C(C)(C)C. The van der Waals surface area contributed by atoms with Crippen molar-refractivity contribution in [3.8, 4) is 22.5 Å². The second-order valence-electron chi connectivity index (χ2n) is 13.7. The number of aryl methyl sites for hydroxylation is 2. The lowest BCUT2D eigenvalue weighted by Crippen LogP contribution is -2.23. The first-order valence-corrected chi connectivity index (χ1v) is 14.7. The minimum absolute atomic E-state index is 0.0276. The van der Waals surface area contributed by atoms with Gasteiger partial charge in [-0.15, -0.1) is 0 Å². The van der Waals surface area contributed by atoms with Gasteiger partial charge >= 0.3 is 0 Å². The summed E-state index contributed by atoms with van der Waals surface area (Å²) in [6, 6.07) is 34.1. The van der Waals surface area contributed by atoms with Gasteiger partial charge in [-0.3, -0.25) is 0 Å². The van der Waals surface area contributed by atoms with E-state index in [2.05, 4.69) is 187 Å². The van der Waals surface area contributed by atoms with Crippen molar-refractivity contribution < 1.29 is 0 Å². The molecule has 3 heteroatoms. The van der Waals surface area contributed by atoms with E-state index in [9.17, 15) is 0 Å². The van der Waals surface area contributed by atoms with Crippen LogP contribution in [0.5, 0.6) is 0 Å². The van der Waals surface area contributed by atoms with Gasteiger partial charge in [0.05, 0.1) is 0 Å². The molecule has 0 aliphatic rings. The second-order valence-corrected chi connectivity index (χ2v) is 13.7. The summed E-state index contributed by atoms with van der Waals surface area (Å²) in [5.74, 6) is 0. The Bertz CT molecular complexity index is 1380. The van der Waals surface area contributed by atoms with Crippen LogP contribution in [0.2, 0.25) is 0 Å². The van der Waals surface area contributed by atoms with Crippen LogP contribution in [0.4, 0.5) is 0 Å². The average molecular weight is 550 g/mol. The lowest BCUT2D eigenvalue weighted by atomic mass is 10.0. The Morgan fingerprint density at radius 1 is 0.390 bits per heavy atom. The monoisotopic (exact) mass is 549 g/mol. The molecule has 2 aromatic carbocycles. The van der Waals surface area contributed by atoms with Gasteiger partial charge in [0, 0.05) is 51.8 Å². The van der Waals surface area contributed by atoms with Crippen molar-refractivity contribution in [2.45, 2.75) is 92.8 Å². The maximum Gasteiger partial charge on any atom is 0.0490 e. The van der Waals surface area contributed by atoms with Crippen LogP contribution in [-0.2, 0) is 16.6 Å². The normalized spacial score (nSPS) is 11.8. The van der Waals surface area contributed by atoms with E-state index in [1.165, 1.54) is 33.9 Å². The third kappa shape index (κ3) is 8.39. The van der Waals surface area contributed by atoms with Crippen LogP contribution >= 0.6 is 0 Å². The number of aromatic nitrogens is 3. The molecule has 41 heavy (non-hydrogen) atoms. The molecule has 0 unspecified atom stereocenters. The van der Waals surface area contributed by atoms with Crippen molar-refractivity contribution in [3.05, 3.63) is 121 Å². The van der Waals surface area contributed by atoms with E-state index in [1.807, 2.05) is 12.1 Å². The Hall–Kier alpha value is -3.72. The first-order valence-electron chi connectivity index (χ1n) is 14.7. The summed E-state index contributed by atoms with van der Waals surface area (Å²) in [5, 5.41) is 0. The zero-order valence-electron chi connectivity index (χ0n) is 27.2. The van der Waals surface area contributed by atoms with Gasteiger partial charge in [0.1, 0.15) is 0 Å². The number of hydrogen-bond acceptors (Lipinski definition) is 0. The molecule has 3 nitrogen and oxygen atoms in total. The zero-order valence-corrected chi connectivity index (χ0v) is 27.2. The van der Waals surface area contributed by atoms with Crippen LogP contribution < -0.4 is 0 Å². The molecule has 0 spiro atoms. The van der Waals surface area contributed by atoms with Crippen molar-refractivity contribution in [2.24, 2.45) is 0 Å². The molecule has 3 aromatic heterocycles. The van der Waals surface area contributed by atoms with Crippen molar-refractivity contribution >= 4 is 0 Å². The lowest BCUT2D eigenvalue weighted by molar-refractivity contribution is 0.383. The van der Waals surface area contributed by atoms with E-state index >= 15 is 0 Å². The Kier molecular flexibility index (Phi) is 9.97. The molecule has 3 heterocycles. The first kappa shape index (κ1) is 31.8. The fourth-order valence-electron chi connectivity index (χ4n) is 5.34. The van der Waals surface area contributed by atoms with Crippen LogP contribution in [0.1, 0.15) is 73.7 Å². The lowest BCUT2D eigenvalue weighted by Gasteiger charge is -2.28. The molecule has 5 aromatic rings. The Balaban J connectivity index is 0.000000193. The Morgan fingerprint density at radius 3 is 1.02 bits per heavy atom. The largest absolute Gasteiger partial charge is 0.349 e. The van der Waals surface area contributed by atoms with Gasteiger partial charge < -0.3 is 13.7 Å². The van der Waals surface area contributed by atoms with E-state index in [1.54, 1.807) is 0 Å². The molecular formula is C38H51N3. The highest BCUT2D eigenvalue weighted by Gasteiger charge is 2.21. The molecule has 0 amide bonds. The van der Waals surface area contributed by atoms with Crippen molar-refractivity contribution in [3.63, 3.8) is 0 Å². The molecule has 218 valence electrons. The summed E-state index contributed by atoms with van der Waals surface area (Å²) >= 11 is 0. The summed E-state index contributed by atoms with van der Waals surface area (Å²) in [6.07, 6.45) is 4.17. The summed E-state index contributed by atoms with van der Waals surface area (Å²) in [7, 11) is 0. The van der Waals surface area contributed by atoms with Crippen molar-refractivity contribution in [1.82, 2.24) is 13.7 Å². The molecule has 0 saturated carbocycles. The highest BCUT2D eigenvalue weighted by molar-refractivity contribution is 5.70. The van der Waals surface area contributed by atoms with E-state index in [0.717, 1.165) is 0 Å². The molecule has 0 N–H and O–H groups in total. The Labute approximate surface area is 249 Å². The quantitative estimate of drug-likeness (QED) is 0.208. The fourth-order valence-corrected chi connectivity index (χ4v) is 5.34. The van der Waals surface area contributed by atoms with E-state index < -0.39 is 0 Å². The van der Waals surface area contributed by atoms with Crippen LogP contribution in [0.3, 0.4) is 0 Å². The van der Waals surface area contributed by atoms with E-state index in [4.69, 9.17) is 0 Å². The average Bonchev–Trinajstić information content (AvgIpc) is 3.65. The molecule has 0 aliphatic heterocycles. The third-order valence-electron chi connectivity index (χ3n) is 7.01. The van der Waals surface area contributed by atoms with Crippen LogP contribution in [-0.4, -0.2) is 13.7 Å². The van der Waals surface area contributed by atoms with Gasteiger partial charge in [-0.25, -0.2) is 0 Å². The summed E-state index contributed by atoms with van der Waals surface area (Å²) < 4.78 is 6.97. The fraction of sp³-hybridized carbons (Fsp3) is 0.368. The predicted molar refractivity (Wildman–Crippen MR) is 179 cm³/mol. The Morgan fingerprint density at radius 2 is 0.756 bits per heavy atom. The summed E-state index contributed by atoms with van der Waals surface area (Å²) in [6.45, 7) is 24.3. The zero-order chi connectivity index (χ0) is 30.4. The number of hydrogen-bond donors (Lipinski definition) is 0. The van der Waals surface area contributed by atoms with Crippen molar-refractivity contribution in [1.29, 1.82) is 0 Å². The predicted octanol–water partition coefficient (Wildman–Crippen LogP) is 10.7. The summed E-state index contributed by atoms with van der Waals surface area (Å²) in [4.78, 5) is 0. The van der Waals surface area contributed by atoms with Crippen LogP contribution in [0, 0.1) is 13.8 Å². The van der Waals surface area contributed by atoms with Gasteiger partial charge in [-0.1, -0.05) is 60.7 Å². The maximum absolute atomic E-state index is 2.43. The number of rotatable bonds is 2. The second kappa shape index (κ2) is 12.9. The molecule has 0 saturated heterocycles. The number of nitrogens with zero attached hydrogens (tertiary/aromatic N) is 3. The highest BCUT2D eigenvalue weighted by Crippen LogP contribution is 2.34. The van der Waals surface area contributed by atoms with Gasteiger partial charge in [-0.2, -0.15) is 0 Å². The smallest absolute Gasteiger partial charge is 0.0490 e. The van der Waals surface area contributed by atoms with Gasteiger partial charge in [0.15, 0.2) is 0 Å². The van der Waals surface area contributed by atoms with Crippen molar-refractivity contribution in [2.75, 3.05) is 0 Å². The van der Waals surface area contributed by atoms with E-state index in [-0.39, 0.29) is 16.6 Å². The van der Waals surface area contributed by atoms with E-state index in [0.29, 0.717) is 0 Å². The maximum atomic E-state index is 2.43. The topological polar surface area (TPSA) is 14.8 Å². The third-order valence-corrected chi connectivity index (χ3v) is 7.01. The molecule has 0 aliphatic carbocycles. The molecule has 5 rings (SSSR count). The minimum Gasteiger partial charge on any atom is -0.349 e. The molecule has 0 radical (unpaired) electrons. The van der Waals surface area contributed by atoms with Gasteiger partial charge in [0.2, 0.25) is 0 Å². The number of benzene rings is 2. The minimum atomic E-state index is 0.0276. The van der Waals surface area contributed by atoms with Crippen LogP contribution in [0.15, 0.2) is 109 Å². The molecule has 0 atom stereocenters. The highest BCUT2D eigenvalue weighted by atomic mass is 15.1. The molecule has 0 bridgehead atoms. The summed E-state index contributed by atoms with van der Waals surface area (Å²) in [5.41, 5.74) is 8.22. The molecule has 0 fully saturated rings. The molecular weight excluding hydrogens is 498 g/mol.